The SMILES string of the molecule is O=C(c1ccc2[nH]c(=S)oc2c1)N1CCOC(c2nccs2)C1. The maximum absolute atomic E-state index is 12.7. The van der Waals surface area contributed by atoms with E-state index >= 15 is 0 Å². The summed E-state index contributed by atoms with van der Waals surface area (Å²) in [6.45, 7) is 1.57. The van der Waals surface area contributed by atoms with Crippen LogP contribution in [-0.2, 0) is 4.74 Å². The zero-order valence-corrected chi connectivity index (χ0v) is 13.7. The molecule has 1 aromatic carbocycles. The minimum absolute atomic E-state index is 0.0425. The number of carbonyl (C=O) groups is 1. The molecule has 0 radical (unpaired) electrons. The Kier molecular flexibility index (Phi) is 3.72. The monoisotopic (exact) mass is 347 g/mol. The molecule has 1 atom stereocenters. The summed E-state index contributed by atoms with van der Waals surface area (Å²) in [5.74, 6) is -0.0425. The lowest BCUT2D eigenvalue weighted by Gasteiger charge is -2.32. The molecule has 0 bridgehead atoms. The van der Waals surface area contributed by atoms with E-state index in [1.165, 1.54) is 11.3 Å². The van der Waals surface area contributed by atoms with Crippen molar-refractivity contribution in [2.24, 2.45) is 0 Å². The van der Waals surface area contributed by atoms with Crippen molar-refractivity contribution in [3.63, 3.8) is 0 Å². The quantitative estimate of drug-likeness (QED) is 0.721. The van der Waals surface area contributed by atoms with Crippen LogP contribution in [0.25, 0.3) is 11.1 Å². The molecule has 23 heavy (non-hydrogen) atoms. The van der Waals surface area contributed by atoms with Gasteiger partial charge in [0.1, 0.15) is 11.1 Å². The number of hydrogen-bond donors (Lipinski definition) is 1. The third kappa shape index (κ3) is 2.80. The highest BCUT2D eigenvalue weighted by Gasteiger charge is 2.27. The Hall–Kier alpha value is -2.03. The number of benzene rings is 1. The third-order valence-corrected chi connectivity index (χ3v) is 4.80. The van der Waals surface area contributed by atoms with Gasteiger partial charge in [0.05, 0.1) is 18.7 Å². The molecule has 3 aromatic rings. The van der Waals surface area contributed by atoms with Crippen LogP contribution >= 0.6 is 23.6 Å². The van der Waals surface area contributed by atoms with Crippen molar-refractivity contribution in [3.8, 4) is 0 Å². The highest BCUT2D eigenvalue weighted by Crippen LogP contribution is 2.25. The van der Waals surface area contributed by atoms with Crippen LogP contribution in [0, 0.1) is 4.84 Å². The minimum Gasteiger partial charge on any atom is -0.429 e. The molecule has 1 amide bonds. The van der Waals surface area contributed by atoms with Gasteiger partial charge in [0.15, 0.2) is 5.58 Å². The molecule has 4 rings (SSSR count). The van der Waals surface area contributed by atoms with Crippen molar-refractivity contribution in [1.82, 2.24) is 14.9 Å². The van der Waals surface area contributed by atoms with Gasteiger partial charge < -0.3 is 19.0 Å². The van der Waals surface area contributed by atoms with Crippen LogP contribution < -0.4 is 0 Å². The third-order valence-electron chi connectivity index (χ3n) is 3.75. The van der Waals surface area contributed by atoms with Gasteiger partial charge in [0.2, 0.25) is 0 Å². The van der Waals surface area contributed by atoms with E-state index in [1.54, 1.807) is 29.3 Å². The average molecular weight is 347 g/mol. The molecule has 3 heterocycles. The maximum atomic E-state index is 12.7. The summed E-state index contributed by atoms with van der Waals surface area (Å²) in [6, 6.07) is 5.30. The van der Waals surface area contributed by atoms with Gasteiger partial charge in [-0.2, -0.15) is 0 Å². The zero-order chi connectivity index (χ0) is 15.8. The van der Waals surface area contributed by atoms with Crippen molar-refractivity contribution in [2.45, 2.75) is 6.10 Å². The second kappa shape index (κ2) is 5.88. The van der Waals surface area contributed by atoms with Crippen LogP contribution in [0.5, 0.6) is 0 Å². The lowest BCUT2D eigenvalue weighted by Crippen LogP contribution is -2.42. The number of amides is 1. The summed E-state index contributed by atoms with van der Waals surface area (Å²) in [7, 11) is 0. The Morgan fingerprint density at radius 3 is 3.22 bits per heavy atom. The molecule has 118 valence electrons. The number of H-pyrrole nitrogens is 1. The van der Waals surface area contributed by atoms with Crippen molar-refractivity contribution in [3.05, 3.63) is 45.2 Å². The first-order valence-corrected chi connectivity index (χ1v) is 8.42. The largest absolute Gasteiger partial charge is 0.429 e. The van der Waals surface area contributed by atoms with Gasteiger partial charge in [-0.3, -0.25) is 4.79 Å². The molecule has 1 N–H and O–H groups in total. The smallest absolute Gasteiger partial charge is 0.266 e. The molecule has 0 saturated carbocycles. The molecule has 6 nitrogen and oxygen atoms in total. The predicted octanol–water partition coefficient (Wildman–Crippen LogP) is 3.16. The molecule has 0 spiro atoms. The number of nitrogens with one attached hydrogen (secondary N) is 1. The van der Waals surface area contributed by atoms with Crippen molar-refractivity contribution in [1.29, 1.82) is 0 Å². The topological polar surface area (TPSA) is 71.4 Å². The standard InChI is InChI=1S/C15H13N3O3S2/c19-14(9-1-2-10-11(7-9)21-15(22)17-10)18-4-5-20-12(8-18)13-16-3-6-23-13/h1-3,6-7,12H,4-5,8H2,(H,17,22). The van der Waals surface area contributed by atoms with Crippen LogP contribution in [0.2, 0.25) is 0 Å². The average Bonchev–Trinajstić information content (AvgIpc) is 3.22. The van der Waals surface area contributed by atoms with E-state index < -0.39 is 0 Å². The first-order chi connectivity index (χ1) is 11.2. The Morgan fingerprint density at radius 2 is 2.39 bits per heavy atom. The normalized spacial score (nSPS) is 18.4. The number of fused-ring (bicyclic) bond motifs is 1. The fourth-order valence-electron chi connectivity index (χ4n) is 2.64. The number of carbonyl (C=O) groups excluding carboxylic acids is 1. The Labute approximate surface area is 140 Å². The summed E-state index contributed by atoms with van der Waals surface area (Å²) in [5, 5.41) is 2.81. The van der Waals surface area contributed by atoms with Gasteiger partial charge in [-0.25, -0.2) is 4.98 Å². The van der Waals surface area contributed by atoms with Gasteiger partial charge in [-0.15, -0.1) is 11.3 Å². The van der Waals surface area contributed by atoms with E-state index in [9.17, 15) is 4.79 Å². The number of morpholine rings is 1. The molecule has 1 aliphatic rings. The van der Waals surface area contributed by atoms with Crippen LogP contribution in [0.3, 0.4) is 0 Å². The highest BCUT2D eigenvalue weighted by atomic mass is 32.1. The number of rotatable bonds is 2. The second-order valence-electron chi connectivity index (χ2n) is 5.21. The number of aromatic amines is 1. The maximum Gasteiger partial charge on any atom is 0.266 e. The Balaban J connectivity index is 1.58. The molecule has 1 unspecified atom stereocenters. The zero-order valence-electron chi connectivity index (χ0n) is 12.0. The fraction of sp³-hybridized carbons (Fsp3) is 0.267. The molecular formula is C15H13N3O3S2. The van der Waals surface area contributed by atoms with E-state index in [2.05, 4.69) is 9.97 Å². The summed E-state index contributed by atoms with van der Waals surface area (Å²) in [4.78, 5) is 22.0. The van der Waals surface area contributed by atoms with Gasteiger partial charge in [0, 0.05) is 23.7 Å². The number of thiazole rings is 1. The van der Waals surface area contributed by atoms with Crippen molar-refractivity contribution in [2.75, 3.05) is 19.7 Å². The van der Waals surface area contributed by atoms with Gasteiger partial charge in [-0.1, -0.05) is 0 Å². The van der Waals surface area contributed by atoms with Crippen molar-refractivity contribution < 1.29 is 13.9 Å². The molecule has 1 aliphatic heterocycles. The predicted molar refractivity (Wildman–Crippen MR) is 88.1 cm³/mol. The van der Waals surface area contributed by atoms with Crippen LogP contribution in [-0.4, -0.2) is 40.5 Å². The number of ether oxygens (including phenoxy) is 1. The van der Waals surface area contributed by atoms with Crippen LogP contribution in [0.1, 0.15) is 21.5 Å². The lowest BCUT2D eigenvalue weighted by molar-refractivity contribution is -0.0228. The highest BCUT2D eigenvalue weighted by molar-refractivity contribution is 7.71. The number of aromatic nitrogens is 2. The van der Waals surface area contributed by atoms with Crippen LogP contribution in [0.15, 0.2) is 34.2 Å². The summed E-state index contributed by atoms with van der Waals surface area (Å²) in [5.41, 5.74) is 1.95. The molecular weight excluding hydrogens is 334 g/mol. The van der Waals surface area contributed by atoms with E-state index in [0.29, 0.717) is 35.7 Å². The summed E-state index contributed by atoms with van der Waals surface area (Å²) < 4.78 is 11.1. The number of oxazole rings is 1. The number of hydrogen-bond acceptors (Lipinski definition) is 6. The molecule has 8 heteroatoms. The second-order valence-corrected chi connectivity index (χ2v) is 6.50. The van der Waals surface area contributed by atoms with Gasteiger partial charge in [-0.05, 0) is 30.4 Å². The Bertz CT molecular complexity index is 900. The number of nitrogens with zero attached hydrogens (tertiary/aromatic N) is 2. The first-order valence-electron chi connectivity index (χ1n) is 7.14. The summed E-state index contributed by atoms with van der Waals surface area (Å²) in [6.07, 6.45) is 1.59. The molecule has 0 aliphatic carbocycles. The van der Waals surface area contributed by atoms with Crippen molar-refractivity contribution >= 4 is 40.6 Å². The fourth-order valence-corrected chi connectivity index (χ4v) is 3.51. The summed E-state index contributed by atoms with van der Waals surface area (Å²) >= 11 is 6.51. The van der Waals surface area contributed by atoms with E-state index in [1.807, 2.05) is 5.38 Å². The Morgan fingerprint density at radius 1 is 1.48 bits per heavy atom. The van der Waals surface area contributed by atoms with E-state index in [0.717, 1.165) is 10.5 Å². The molecule has 2 aromatic heterocycles. The minimum atomic E-state index is -0.160. The molecule has 1 saturated heterocycles. The van der Waals surface area contributed by atoms with E-state index in [4.69, 9.17) is 21.4 Å². The van der Waals surface area contributed by atoms with Gasteiger partial charge in [0.25, 0.3) is 10.7 Å². The lowest BCUT2D eigenvalue weighted by atomic mass is 10.1. The molecule has 1 fully saturated rings. The van der Waals surface area contributed by atoms with Gasteiger partial charge >= 0.3 is 0 Å². The first kappa shape index (κ1) is 14.6. The van der Waals surface area contributed by atoms with E-state index in [-0.39, 0.29) is 12.0 Å². The van der Waals surface area contributed by atoms with Crippen LogP contribution in [0.4, 0.5) is 0 Å².